The number of carbonyl (C=O) groups excluding carboxylic acids is 2. The van der Waals surface area contributed by atoms with Crippen LogP contribution in [-0.2, 0) is 27.3 Å². The molecule has 0 bridgehead atoms. The first-order valence-electron chi connectivity index (χ1n) is 8.74. The van der Waals surface area contributed by atoms with E-state index in [0.717, 1.165) is 15.3 Å². The van der Waals surface area contributed by atoms with Crippen LogP contribution in [-0.4, -0.2) is 33.0 Å². The average molecular weight is 421 g/mol. The highest BCUT2D eigenvalue weighted by molar-refractivity contribution is 7.18. The lowest BCUT2D eigenvalue weighted by Crippen LogP contribution is -2.23. The first-order valence-corrected chi connectivity index (χ1v) is 10.4. The Hall–Kier alpha value is -2.59. The maximum absolute atomic E-state index is 12.6. The molecular formula is C18H20N4O4S2. The van der Waals surface area contributed by atoms with Gasteiger partial charge < -0.3 is 10.1 Å². The van der Waals surface area contributed by atoms with E-state index in [-0.39, 0.29) is 36.8 Å². The van der Waals surface area contributed by atoms with Crippen molar-refractivity contribution in [2.45, 2.75) is 40.2 Å². The normalized spacial score (nSPS) is 11.0. The molecule has 0 saturated heterocycles. The van der Waals surface area contributed by atoms with E-state index in [2.05, 4.69) is 15.3 Å². The van der Waals surface area contributed by atoms with Crippen molar-refractivity contribution >= 4 is 49.9 Å². The molecular weight excluding hydrogens is 400 g/mol. The molecule has 0 aliphatic carbocycles. The summed E-state index contributed by atoms with van der Waals surface area (Å²) >= 11 is 2.73. The number of amides is 1. The van der Waals surface area contributed by atoms with Gasteiger partial charge >= 0.3 is 5.97 Å². The fraction of sp³-hybridized carbons (Fsp3) is 0.389. The third-order valence-electron chi connectivity index (χ3n) is 4.16. The number of thiazole rings is 1. The summed E-state index contributed by atoms with van der Waals surface area (Å²) in [7, 11) is 0. The Morgan fingerprint density at radius 3 is 2.86 bits per heavy atom. The quantitative estimate of drug-likeness (QED) is 0.590. The zero-order valence-corrected chi connectivity index (χ0v) is 17.4. The summed E-state index contributed by atoms with van der Waals surface area (Å²) in [5.74, 6) is -0.617. The highest BCUT2D eigenvalue weighted by Gasteiger charge is 2.14. The van der Waals surface area contributed by atoms with Gasteiger partial charge in [0.15, 0.2) is 5.13 Å². The second-order valence-corrected chi connectivity index (χ2v) is 8.19. The number of nitrogens with one attached hydrogen (secondary N) is 1. The Morgan fingerprint density at radius 2 is 2.11 bits per heavy atom. The summed E-state index contributed by atoms with van der Waals surface area (Å²) in [5.41, 5.74) is 1.35. The number of hydrogen-bond donors (Lipinski definition) is 1. The van der Waals surface area contributed by atoms with Gasteiger partial charge in [0.2, 0.25) is 5.91 Å². The number of fused-ring (bicyclic) bond motifs is 1. The Morgan fingerprint density at radius 1 is 1.32 bits per heavy atom. The molecule has 148 valence electrons. The smallest absolute Gasteiger partial charge is 0.311 e. The van der Waals surface area contributed by atoms with E-state index in [1.807, 2.05) is 13.8 Å². The van der Waals surface area contributed by atoms with Crippen molar-refractivity contribution in [2.75, 3.05) is 11.9 Å². The molecule has 10 heteroatoms. The summed E-state index contributed by atoms with van der Waals surface area (Å²) < 4.78 is 6.33. The summed E-state index contributed by atoms with van der Waals surface area (Å²) in [6, 6.07) is 0. The van der Waals surface area contributed by atoms with E-state index in [1.165, 1.54) is 33.6 Å². The minimum Gasteiger partial charge on any atom is -0.466 e. The van der Waals surface area contributed by atoms with E-state index in [9.17, 15) is 14.4 Å². The number of carbonyl (C=O) groups is 2. The summed E-state index contributed by atoms with van der Waals surface area (Å²) in [5, 5.41) is 5.43. The van der Waals surface area contributed by atoms with Crippen LogP contribution in [0.15, 0.2) is 16.5 Å². The predicted octanol–water partition coefficient (Wildman–Crippen LogP) is 2.67. The largest absolute Gasteiger partial charge is 0.466 e. The molecule has 0 radical (unpaired) electrons. The Labute approximate surface area is 169 Å². The van der Waals surface area contributed by atoms with Crippen molar-refractivity contribution in [3.05, 3.63) is 38.2 Å². The molecule has 3 aromatic rings. The van der Waals surface area contributed by atoms with Gasteiger partial charge in [-0.2, -0.15) is 0 Å². The van der Waals surface area contributed by atoms with Crippen LogP contribution in [0.4, 0.5) is 5.13 Å². The van der Waals surface area contributed by atoms with Gasteiger partial charge in [0.1, 0.15) is 4.83 Å². The fourth-order valence-electron chi connectivity index (χ4n) is 2.64. The molecule has 28 heavy (non-hydrogen) atoms. The van der Waals surface area contributed by atoms with E-state index in [1.54, 1.807) is 12.3 Å². The molecule has 0 atom stereocenters. The second-order valence-electron chi connectivity index (χ2n) is 6.13. The number of esters is 1. The molecule has 1 amide bonds. The molecule has 0 saturated carbocycles. The predicted molar refractivity (Wildman–Crippen MR) is 109 cm³/mol. The molecule has 0 unspecified atom stereocenters. The lowest BCUT2D eigenvalue weighted by Gasteiger charge is -2.05. The highest BCUT2D eigenvalue weighted by Crippen LogP contribution is 2.25. The third kappa shape index (κ3) is 4.45. The van der Waals surface area contributed by atoms with Crippen molar-refractivity contribution < 1.29 is 14.3 Å². The minimum absolute atomic E-state index is 0.0701. The average Bonchev–Trinajstić information content (AvgIpc) is 3.19. The SMILES string of the molecule is CCOC(=O)Cc1csc(NC(=O)CCn2cnc3sc(C)c(C)c3c2=O)n1. The monoisotopic (exact) mass is 420 g/mol. The fourth-order valence-corrected chi connectivity index (χ4v) is 4.35. The van der Waals surface area contributed by atoms with Crippen LogP contribution in [0.5, 0.6) is 0 Å². The van der Waals surface area contributed by atoms with Gasteiger partial charge in [-0.1, -0.05) is 0 Å². The Kier molecular flexibility index (Phi) is 6.20. The number of rotatable bonds is 7. The van der Waals surface area contributed by atoms with Crippen LogP contribution in [0.25, 0.3) is 10.2 Å². The molecule has 0 aliphatic heterocycles. The zero-order chi connectivity index (χ0) is 20.3. The van der Waals surface area contributed by atoms with Gasteiger partial charge in [-0.3, -0.25) is 19.0 Å². The van der Waals surface area contributed by atoms with Gasteiger partial charge in [0, 0.05) is 23.2 Å². The summed E-state index contributed by atoms with van der Waals surface area (Å²) in [6.07, 6.45) is 1.66. The molecule has 0 spiro atoms. The van der Waals surface area contributed by atoms with Crippen LogP contribution in [0.1, 0.15) is 29.5 Å². The van der Waals surface area contributed by atoms with E-state index < -0.39 is 0 Å². The first-order chi connectivity index (χ1) is 13.4. The molecule has 3 heterocycles. The van der Waals surface area contributed by atoms with Gasteiger partial charge in [0.25, 0.3) is 5.56 Å². The molecule has 0 aliphatic rings. The van der Waals surface area contributed by atoms with E-state index in [0.29, 0.717) is 22.8 Å². The zero-order valence-electron chi connectivity index (χ0n) is 15.8. The number of nitrogens with zero attached hydrogens (tertiary/aromatic N) is 3. The van der Waals surface area contributed by atoms with Crippen LogP contribution in [0.3, 0.4) is 0 Å². The second kappa shape index (κ2) is 8.61. The van der Waals surface area contributed by atoms with Crippen LogP contribution in [0.2, 0.25) is 0 Å². The summed E-state index contributed by atoms with van der Waals surface area (Å²) in [6.45, 7) is 6.15. The van der Waals surface area contributed by atoms with Crippen LogP contribution >= 0.6 is 22.7 Å². The molecule has 3 rings (SSSR count). The number of aryl methyl sites for hydroxylation is 3. The summed E-state index contributed by atoms with van der Waals surface area (Å²) in [4.78, 5) is 46.6. The molecule has 3 aromatic heterocycles. The molecule has 0 fully saturated rings. The maximum Gasteiger partial charge on any atom is 0.311 e. The molecule has 0 aromatic carbocycles. The van der Waals surface area contributed by atoms with Gasteiger partial charge in [0.05, 0.1) is 30.4 Å². The highest BCUT2D eigenvalue weighted by atomic mass is 32.1. The number of aromatic nitrogens is 3. The molecule has 1 N–H and O–H groups in total. The lowest BCUT2D eigenvalue weighted by molar-refractivity contribution is -0.142. The van der Waals surface area contributed by atoms with Gasteiger partial charge in [-0.05, 0) is 26.3 Å². The third-order valence-corrected chi connectivity index (χ3v) is 6.09. The number of thiophene rings is 1. The number of hydrogen-bond acceptors (Lipinski definition) is 8. The number of ether oxygens (including phenoxy) is 1. The first kappa shape index (κ1) is 20.2. The topological polar surface area (TPSA) is 103 Å². The van der Waals surface area contributed by atoms with Crippen LogP contribution < -0.4 is 10.9 Å². The minimum atomic E-state index is -0.355. The Balaban J connectivity index is 1.60. The van der Waals surface area contributed by atoms with Gasteiger partial charge in [-0.15, -0.1) is 22.7 Å². The number of anilines is 1. The standard InChI is InChI=1S/C18H20N4O4S2/c1-4-26-14(24)7-12-8-27-18(20-12)21-13(23)5-6-22-9-19-16-15(17(22)25)10(2)11(3)28-16/h8-9H,4-7H2,1-3H3,(H,20,21,23). The van der Waals surface area contributed by atoms with Crippen molar-refractivity contribution in [3.63, 3.8) is 0 Å². The van der Waals surface area contributed by atoms with E-state index >= 15 is 0 Å². The van der Waals surface area contributed by atoms with Crippen molar-refractivity contribution in [1.29, 1.82) is 0 Å². The maximum atomic E-state index is 12.6. The lowest BCUT2D eigenvalue weighted by atomic mass is 10.2. The van der Waals surface area contributed by atoms with Gasteiger partial charge in [-0.25, -0.2) is 9.97 Å². The van der Waals surface area contributed by atoms with Crippen molar-refractivity contribution in [2.24, 2.45) is 0 Å². The van der Waals surface area contributed by atoms with Crippen molar-refractivity contribution in [1.82, 2.24) is 14.5 Å². The Bertz CT molecular complexity index is 1080. The van der Waals surface area contributed by atoms with E-state index in [4.69, 9.17) is 4.74 Å². The van der Waals surface area contributed by atoms with Crippen LogP contribution in [0, 0.1) is 13.8 Å². The van der Waals surface area contributed by atoms with Crippen molar-refractivity contribution in [3.8, 4) is 0 Å². The molecule has 8 nitrogen and oxygen atoms in total.